The first-order valence-electron chi connectivity index (χ1n) is 7.88. The van der Waals surface area contributed by atoms with Crippen LogP contribution in [0.3, 0.4) is 0 Å². The molecule has 1 atom stereocenters. The summed E-state index contributed by atoms with van der Waals surface area (Å²) in [5, 5.41) is 0. The van der Waals surface area contributed by atoms with Crippen molar-refractivity contribution in [2.75, 3.05) is 0 Å². The lowest BCUT2D eigenvalue weighted by Gasteiger charge is -2.17. The van der Waals surface area contributed by atoms with Crippen LogP contribution in [0.4, 0.5) is 0 Å². The molecule has 1 aromatic carbocycles. The summed E-state index contributed by atoms with van der Waals surface area (Å²) in [5.41, 5.74) is 5.93. The summed E-state index contributed by atoms with van der Waals surface area (Å²) in [7, 11) is 0. The van der Waals surface area contributed by atoms with Crippen molar-refractivity contribution < 1.29 is 14.3 Å². The molecule has 0 bridgehead atoms. The van der Waals surface area contributed by atoms with Crippen LogP contribution in [0.25, 0.3) is 0 Å². The molecule has 0 aromatic heterocycles. The normalized spacial score (nSPS) is 11.6. The number of hydrazine groups is 1. The lowest BCUT2D eigenvalue weighted by Crippen LogP contribution is -2.47. The second-order valence-corrected chi connectivity index (χ2v) is 5.33. The van der Waals surface area contributed by atoms with Crippen LogP contribution in [0.2, 0.25) is 0 Å². The van der Waals surface area contributed by atoms with E-state index in [0.29, 0.717) is 18.6 Å². The average Bonchev–Trinajstić information content (AvgIpc) is 2.50. The van der Waals surface area contributed by atoms with Gasteiger partial charge >= 0.3 is 0 Å². The maximum atomic E-state index is 12.0. The molecule has 0 saturated heterocycles. The molecule has 1 unspecified atom stereocenters. The molecule has 0 aliphatic carbocycles. The highest BCUT2D eigenvalue weighted by molar-refractivity contribution is 5.84. The molecular weight excluding hydrogens is 280 g/mol. The van der Waals surface area contributed by atoms with E-state index in [0.717, 1.165) is 24.8 Å². The third-order valence-corrected chi connectivity index (χ3v) is 3.26. The van der Waals surface area contributed by atoms with E-state index in [4.69, 9.17) is 4.74 Å². The zero-order valence-electron chi connectivity index (χ0n) is 13.6. The quantitative estimate of drug-likeness (QED) is 0.573. The van der Waals surface area contributed by atoms with Crippen molar-refractivity contribution in [2.45, 2.75) is 59.0 Å². The van der Waals surface area contributed by atoms with Crippen LogP contribution in [-0.4, -0.2) is 17.9 Å². The summed E-state index contributed by atoms with van der Waals surface area (Å²) in [6.07, 6.45) is 3.21. The number of hydrogen-bond donors (Lipinski definition) is 2. The Morgan fingerprint density at radius 3 is 2.59 bits per heavy atom. The highest BCUT2D eigenvalue weighted by Crippen LogP contribution is 2.15. The Hall–Kier alpha value is -2.04. The zero-order chi connectivity index (χ0) is 16.4. The summed E-state index contributed by atoms with van der Waals surface area (Å²) in [6.45, 7) is 5.90. The Bertz CT molecular complexity index is 489. The van der Waals surface area contributed by atoms with E-state index in [-0.39, 0.29) is 11.8 Å². The molecule has 0 fully saturated rings. The van der Waals surface area contributed by atoms with Crippen LogP contribution in [0.1, 0.15) is 51.5 Å². The third kappa shape index (κ3) is 6.61. The van der Waals surface area contributed by atoms with Crippen LogP contribution < -0.4 is 15.6 Å². The number of amides is 2. The van der Waals surface area contributed by atoms with Crippen LogP contribution in [0, 0.1) is 6.92 Å². The molecule has 0 radical (unpaired) electrons. The molecule has 5 nitrogen and oxygen atoms in total. The Kier molecular flexibility index (Phi) is 8.04. The van der Waals surface area contributed by atoms with Gasteiger partial charge in [0.05, 0.1) is 0 Å². The largest absolute Gasteiger partial charge is 0.481 e. The van der Waals surface area contributed by atoms with Gasteiger partial charge in [0.2, 0.25) is 5.91 Å². The predicted octanol–water partition coefficient (Wildman–Crippen LogP) is 2.88. The number of ether oxygens (including phenoxy) is 1. The molecule has 0 aliphatic rings. The first-order chi connectivity index (χ1) is 10.6. The lowest BCUT2D eigenvalue weighted by molar-refractivity contribution is -0.133. The standard InChI is InChI=1S/C17H26N2O3/c1-4-6-7-11-16(20)18-19-17(21)15(5-2)22-14-10-8-9-13(3)12-14/h8-10,12,15H,4-7,11H2,1-3H3,(H,18,20)(H,19,21). The van der Waals surface area contributed by atoms with Crippen molar-refractivity contribution >= 4 is 11.8 Å². The van der Waals surface area contributed by atoms with Crippen LogP contribution in [-0.2, 0) is 9.59 Å². The Labute approximate surface area is 132 Å². The molecule has 0 saturated carbocycles. The van der Waals surface area contributed by atoms with Gasteiger partial charge in [-0.15, -0.1) is 0 Å². The second-order valence-electron chi connectivity index (χ2n) is 5.33. The number of carbonyl (C=O) groups excluding carboxylic acids is 2. The van der Waals surface area contributed by atoms with Crippen molar-refractivity contribution in [3.05, 3.63) is 29.8 Å². The average molecular weight is 306 g/mol. The van der Waals surface area contributed by atoms with Crippen molar-refractivity contribution in [1.82, 2.24) is 10.9 Å². The Morgan fingerprint density at radius 2 is 1.95 bits per heavy atom. The van der Waals surface area contributed by atoms with Gasteiger partial charge in [-0.3, -0.25) is 20.4 Å². The summed E-state index contributed by atoms with van der Waals surface area (Å²) in [6, 6.07) is 7.53. The third-order valence-electron chi connectivity index (χ3n) is 3.26. The van der Waals surface area contributed by atoms with Crippen LogP contribution in [0.5, 0.6) is 5.75 Å². The van der Waals surface area contributed by atoms with Gasteiger partial charge in [-0.25, -0.2) is 0 Å². The molecule has 5 heteroatoms. The Balaban J connectivity index is 2.42. The van der Waals surface area contributed by atoms with Crippen molar-refractivity contribution in [2.24, 2.45) is 0 Å². The van der Waals surface area contributed by atoms with Gasteiger partial charge in [-0.2, -0.15) is 0 Å². The highest BCUT2D eigenvalue weighted by Gasteiger charge is 2.18. The molecular formula is C17H26N2O3. The molecule has 1 aromatic rings. The topological polar surface area (TPSA) is 67.4 Å². The molecule has 0 heterocycles. The van der Waals surface area contributed by atoms with E-state index in [1.165, 1.54) is 0 Å². The minimum absolute atomic E-state index is 0.174. The summed E-state index contributed by atoms with van der Waals surface area (Å²) >= 11 is 0. The van der Waals surface area contributed by atoms with E-state index in [1.54, 1.807) is 0 Å². The van der Waals surface area contributed by atoms with E-state index >= 15 is 0 Å². The first-order valence-corrected chi connectivity index (χ1v) is 7.88. The monoisotopic (exact) mass is 306 g/mol. The number of carbonyl (C=O) groups is 2. The fourth-order valence-corrected chi connectivity index (χ4v) is 1.99. The summed E-state index contributed by atoms with van der Waals surface area (Å²) in [4.78, 5) is 23.6. The maximum absolute atomic E-state index is 12.0. The van der Waals surface area contributed by atoms with Crippen molar-refractivity contribution in [3.8, 4) is 5.75 Å². The van der Waals surface area contributed by atoms with Gasteiger partial charge < -0.3 is 4.74 Å². The van der Waals surface area contributed by atoms with Crippen molar-refractivity contribution in [3.63, 3.8) is 0 Å². The fourth-order valence-electron chi connectivity index (χ4n) is 1.99. The minimum atomic E-state index is -0.627. The van der Waals surface area contributed by atoms with E-state index in [2.05, 4.69) is 17.8 Å². The smallest absolute Gasteiger partial charge is 0.279 e. The van der Waals surface area contributed by atoms with Crippen LogP contribution in [0.15, 0.2) is 24.3 Å². The summed E-state index contributed by atoms with van der Waals surface area (Å²) in [5.74, 6) is 0.135. The van der Waals surface area contributed by atoms with Gasteiger partial charge in [0.15, 0.2) is 6.10 Å². The molecule has 0 aliphatic heterocycles. The van der Waals surface area contributed by atoms with E-state index < -0.39 is 6.10 Å². The number of nitrogens with one attached hydrogen (secondary N) is 2. The second kappa shape index (κ2) is 9.82. The number of aryl methyl sites for hydroxylation is 1. The Morgan fingerprint density at radius 1 is 1.18 bits per heavy atom. The molecule has 2 amide bonds. The summed E-state index contributed by atoms with van der Waals surface area (Å²) < 4.78 is 5.67. The highest BCUT2D eigenvalue weighted by atomic mass is 16.5. The molecule has 22 heavy (non-hydrogen) atoms. The minimum Gasteiger partial charge on any atom is -0.481 e. The number of benzene rings is 1. The van der Waals surface area contributed by atoms with E-state index in [1.807, 2.05) is 38.1 Å². The van der Waals surface area contributed by atoms with Gasteiger partial charge in [0.1, 0.15) is 5.75 Å². The molecule has 1 rings (SSSR count). The molecule has 2 N–H and O–H groups in total. The van der Waals surface area contributed by atoms with Gasteiger partial charge in [0, 0.05) is 6.42 Å². The zero-order valence-corrected chi connectivity index (χ0v) is 13.6. The van der Waals surface area contributed by atoms with Gasteiger partial charge in [-0.1, -0.05) is 38.8 Å². The maximum Gasteiger partial charge on any atom is 0.279 e. The number of rotatable bonds is 8. The fraction of sp³-hybridized carbons (Fsp3) is 0.529. The molecule has 0 spiro atoms. The van der Waals surface area contributed by atoms with Gasteiger partial charge in [-0.05, 0) is 37.5 Å². The number of hydrogen-bond acceptors (Lipinski definition) is 3. The lowest BCUT2D eigenvalue weighted by atomic mass is 10.2. The first kappa shape index (κ1) is 18.0. The van der Waals surface area contributed by atoms with Crippen LogP contribution >= 0.6 is 0 Å². The number of unbranched alkanes of at least 4 members (excludes halogenated alkanes) is 2. The van der Waals surface area contributed by atoms with E-state index in [9.17, 15) is 9.59 Å². The predicted molar refractivity (Wildman–Crippen MR) is 86.3 cm³/mol. The SMILES string of the molecule is CCCCCC(=O)NNC(=O)C(CC)Oc1cccc(C)c1. The van der Waals surface area contributed by atoms with Gasteiger partial charge in [0.25, 0.3) is 5.91 Å². The van der Waals surface area contributed by atoms with Crippen molar-refractivity contribution in [1.29, 1.82) is 0 Å². The molecule has 122 valence electrons.